The van der Waals surface area contributed by atoms with Crippen molar-refractivity contribution in [3.63, 3.8) is 0 Å². The van der Waals surface area contributed by atoms with Gasteiger partial charge in [-0.2, -0.15) is 0 Å². The highest BCUT2D eigenvalue weighted by Gasteiger charge is 2.24. The van der Waals surface area contributed by atoms with Gasteiger partial charge in [-0.15, -0.1) is 0 Å². The average molecular weight is 375 g/mol. The number of para-hydroxylation sites is 2. The first-order valence-electron chi connectivity index (χ1n) is 9.11. The second-order valence-corrected chi connectivity index (χ2v) is 6.65. The van der Waals surface area contributed by atoms with Crippen LogP contribution >= 0.6 is 0 Å². The molecule has 0 bridgehead atoms. The Kier molecular flexibility index (Phi) is 4.85. The van der Waals surface area contributed by atoms with Crippen LogP contribution < -0.4 is 10.1 Å². The molecule has 0 saturated heterocycles. The molecule has 6 nitrogen and oxygen atoms in total. The molecule has 28 heavy (non-hydrogen) atoms. The van der Waals surface area contributed by atoms with E-state index in [9.17, 15) is 9.90 Å². The third-order valence-electron chi connectivity index (χ3n) is 4.89. The lowest BCUT2D eigenvalue weighted by molar-refractivity contribution is 0.0735. The highest BCUT2D eigenvalue weighted by Crippen LogP contribution is 2.29. The minimum absolute atomic E-state index is 0.0977. The second-order valence-electron chi connectivity index (χ2n) is 6.65. The third kappa shape index (κ3) is 3.49. The number of aromatic hydroxyl groups is 1. The monoisotopic (exact) mass is 375 g/mol. The highest BCUT2D eigenvalue weighted by molar-refractivity contribution is 5.99. The SMILES string of the molecule is COc1ccccc1Nc1ncccc1C(=O)N1CCc2ccc(O)cc2C1. The topological polar surface area (TPSA) is 74.7 Å². The molecule has 4 rings (SSSR count). The van der Waals surface area contributed by atoms with Gasteiger partial charge >= 0.3 is 0 Å². The molecule has 0 spiro atoms. The molecule has 142 valence electrons. The molecule has 1 aromatic heterocycles. The molecule has 1 aliphatic heterocycles. The van der Waals surface area contributed by atoms with E-state index in [0.29, 0.717) is 30.2 Å². The van der Waals surface area contributed by atoms with Crippen LogP contribution in [-0.2, 0) is 13.0 Å². The summed E-state index contributed by atoms with van der Waals surface area (Å²) in [5, 5.41) is 13.0. The molecule has 0 aliphatic carbocycles. The molecule has 0 unspecified atom stereocenters. The maximum atomic E-state index is 13.2. The molecule has 2 N–H and O–H groups in total. The Bertz CT molecular complexity index is 1020. The number of benzene rings is 2. The Labute approximate surface area is 163 Å². The molecule has 0 saturated carbocycles. The van der Waals surface area contributed by atoms with Crippen molar-refractivity contribution in [2.24, 2.45) is 0 Å². The normalized spacial score (nSPS) is 13.0. The first-order chi connectivity index (χ1) is 13.7. The van der Waals surface area contributed by atoms with E-state index in [1.165, 1.54) is 5.56 Å². The van der Waals surface area contributed by atoms with Crippen molar-refractivity contribution in [3.05, 3.63) is 77.5 Å². The van der Waals surface area contributed by atoms with Gasteiger partial charge in [0.05, 0.1) is 18.4 Å². The maximum absolute atomic E-state index is 13.2. The van der Waals surface area contributed by atoms with Gasteiger partial charge in [0, 0.05) is 19.3 Å². The minimum Gasteiger partial charge on any atom is -0.508 e. The van der Waals surface area contributed by atoms with E-state index < -0.39 is 0 Å². The molecule has 6 heteroatoms. The molecule has 1 amide bonds. The van der Waals surface area contributed by atoms with E-state index in [1.54, 1.807) is 42.5 Å². The number of amides is 1. The van der Waals surface area contributed by atoms with Crippen molar-refractivity contribution in [3.8, 4) is 11.5 Å². The molecule has 2 aromatic carbocycles. The number of carbonyl (C=O) groups excluding carboxylic acids is 1. The van der Waals surface area contributed by atoms with Crippen molar-refractivity contribution in [1.29, 1.82) is 0 Å². The Morgan fingerprint density at radius 2 is 2.00 bits per heavy atom. The molecule has 0 fully saturated rings. The van der Waals surface area contributed by atoms with Crippen molar-refractivity contribution >= 4 is 17.4 Å². The van der Waals surface area contributed by atoms with E-state index in [1.807, 2.05) is 30.3 Å². The fraction of sp³-hybridized carbons (Fsp3) is 0.182. The van der Waals surface area contributed by atoms with Crippen molar-refractivity contribution in [2.45, 2.75) is 13.0 Å². The summed E-state index contributed by atoms with van der Waals surface area (Å²) in [6.45, 7) is 1.09. The molecule has 0 radical (unpaired) electrons. The summed E-state index contributed by atoms with van der Waals surface area (Å²) < 4.78 is 5.38. The van der Waals surface area contributed by atoms with Crippen LogP contribution in [0.25, 0.3) is 0 Å². The molecule has 3 aromatic rings. The Hall–Kier alpha value is -3.54. The summed E-state index contributed by atoms with van der Waals surface area (Å²) in [6.07, 6.45) is 2.41. The van der Waals surface area contributed by atoms with Crippen molar-refractivity contribution in [1.82, 2.24) is 9.88 Å². The first kappa shape index (κ1) is 17.9. The number of pyridine rings is 1. The summed E-state index contributed by atoms with van der Waals surface area (Å²) in [6, 6.07) is 16.4. The van der Waals surface area contributed by atoms with Gasteiger partial charge in [0.25, 0.3) is 5.91 Å². The van der Waals surface area contributed by atoms with E-state index in [-0.39, 0.29) is 11.7 Å². The number of phenolic OH excluding ortho intramolecular Hbond substituents is 1. The molecule has 2 heterocycles. The molecule has 1 aliphatic rings. The van der Waals surface area contributed by atoms with Gasteiger partial charge in [0.2, 0.25) is 0 Å². The molecule has 0 atom stereocenters. The summed E-state index contributed by atoms with van der Waals surface area (Å²) >= 11 is 0. The number of hydrogen-bond donors (Lipinski definition) is 2. The molecular weight excluding hydrogens is 354 g/mol. The Balaban J connectivity index is 1.61. The van der Waals surface area contributed by atoms with Crippen LogP contribution in [0.1, 0.15) is 21.5 Å². The number of carbonyl (C=O) groups is 1. The lowest BCUT2D eigenvalue weighted by Gasteiger charge is -2.29. The Morgan fingerprint density at radius 3 is 2.86 bits per heavy atom. The number of nitrogens with one attached hydrogen (secondary N) is 1. The predicted molar refractivity (Wildman–Crippen MR) is 107 cm³/mol. The number of rotatable bonds is 4. The number of hydrogen-bond acceptors (Lipinski definition) is 5. The standard InChI is InChI=1S/C22H21N3O3/c1-28-20-7-3-2-6-19(20)24-21-18(5-4-11-23-21)22(27)25-12-10-15-8-9-17(26)13-16(15)14-25/h2-9,11,13,26H,10,12,14H2,1H3,(H,23,24). The zero-order chi connectivity index (χ0) is 19.5. The van der Waals surface area contributed by atoms with Gasteiger partial charge in [0.15, 0.2) is 0 Å². The number of nitrogens with zero attached hydrogens (tertiary/aromatic N) is 2. The number of methoxy groups -OCH3 is 1. The van der Waals surface area contributed by atoms with Crippen LogP contribution in [0.5, 0.6) is 11.5 Å². The van der Waals surface area contributed by atoms with E-state index in [2.05, 4.69) is 10.3 Å². The van der Waals surface area contributed by atoms with Crippen LogP contribution in [0.3, 0.4) is 0 Å². The summed E-state index contributed by atoms with van der Waals surface area (Å²) in [7, 11) is 1.60. The maximum Gasteiger partial charge on any atom is 0.257 e. The number of aromatic nitrogens is 1. The van der Waals surface area contributed by atoms with E-state index in [0.717, 1.165) is 17.7 Å². The quantitative estimate of drug-likeness (QED) is 0.727. The van der Waals surface area contributed by atoms with Gasteiger partial charge < -0.3 is 20.1 Å². The van der Waals surface area contributed by atoms with E-state index >= 15 is 0 Å². The van der Waals surface area contributed by atoms with Crippen LogP contribution in [0.2, 0.25) is 0 Å². The molecular formula is C22H21N3O3. The van der Waals surface area contributed by atoms with Gasteiger partial charge in [-0.3, -0.25) is 4.79 Å². The number of fused-ring (bicyclic) bond motifs is 1. The zero-order valence-electron chi connectivity index (χ0n) is 15.6. The van der Waals surface area contributed by atoms with Crippen LogP contribution in [0, 0.1) is 0 Å². The predicted octanol–water partition coefficient (Wildman–Crippen LogP) is 3.74. The van der Waals surface area contributed by atoms with Gasteiger partial charge in [-0.05, 0) is 53.9 Å². The van der Waals surface area contributed by atoms with E-state index in [4.69, 9.17) is 4.74 Å². The van der Waals surface area contributed by atoms with Crippen LogP contribution in [0.15, 0.2) is 60.8 Å². The van der Waals surface area contributed by atoms with Crippen LogP contribution in [-0.4, -0.2) is 34.6 Å². The lowest BCUT2D eigenvalue weighted by Crippen LogP contribution is -2.36. The largest absolute Gasteiger partial charge is 0.508 e. The first-order valence-corrected chi connectivity index (χ1v) is 9.11. The van der Waals surface area contributed by atoms with Gasteiger partial charge in [-0.1, -0.05) is 18.2 Å². The average Bonchev–Trinajstić information content (AvgIpc) is 2.73. The van der Waals surface area contributed by atoms with Crippen molar-refractivity contribution in [2.75, 3.05) is 19.0 Å². The number of phenols is 1. The summed E-state index contributed by atoms with van der Waals surface area (Å²) in [4.78, 5) is 19.4. The fourth-order valence-electron chi connectivity index (χ4n) is 3.44. The minimum atomic E-state index is -0.0977. The number of ether oxygens (including phenoxy) is 1. The highest BCUT2D eigenvalue weighted by atomic mass is 16.5. The summed E-state index contributed by atoms with van der Waals surface area (Å²) in [5.74, 6) is 1.28. The van der Waals surface area contributed by atoms with Gasteiger partial charge in [-0.25, -0.2) is 4.98 Å². The third-order valence-corrected chi connectivity index (χ3v) is 4.89. The van der Waals surface area contributed by atoms with Crippen molar-refractivity contribution < 1.29 is 14.6 Å². The van der Waals surface area contributed by atoms with Crippen LogP contribution in [0.4, 0.5) is 11.5 Å². The smallest absolute Gasteiger partial charge is 0.257 e. The second kappa shape index (κ2) is 7.60. The zero-order valence-corrected chi connectivity index (χ0v) is 15.6. The number of anilines is 2. The lowest BCUT2D eigenvalue weighted by atomic mass is 9.99. The van der Waals surface area contributed by atoms with Gasteiger partial charge in [0.1, 0.15) is 17.3 Å². The summed E-state index contributed by atoms with van der Waals surface area (Å²) in [5.41, 5.74) is 3.38. The fourth-order valence-corrected chi connectivity index (χ4v) is 3.44. The Morgan fingerprint density at radius 1 is 1.14 bits per heavy atom.